The van der Waals surface area contributed by atoms with Crippen LogP contribution in [0, 0.1) is 0 Å². The Morgan fingerprint density at radius 3 is 2.67 bits per heavy atom. The molecule has 0 N–H and O–H groups in total. The molecule has 0 fully saturated rings. The smallest absolute Gasteiger partial charge is 0.174 e. The van der Waals surface area contributed by atoms with Crippen LogP contribution in [0.5, 0.6) is 5.75 Å². The van der Waals surface area contributed by atoms with Crippen molar-refractivity contribution in [1.29, 1.82) is 0 Å². The van der Waals surface area contributed by atoms with Crippen LogP contribution in [0.15, 0.2) is 21.1 Å². The van der Waals surface area contributed by atoms with Crippen LogP contribution in [0.1, 0.15) is 18.1 Å². The molecule has 0 amide bonds. The first kappa shape index (κ1) is 13.8. The van der Waals surface area contributed by atoms with Crippen LogP contribution in [-0.2, 0) is 0 Å². The van der Waals surface area contributed by atoms with Crippen molar-refractivity contribution >= 4 is 43.5 Å². The maximum atomic E-state index is 6.04. The van der Waals surface area contributed by atoms with E-state index in [2.05, 4.69) is 47.4 Å². The molecule has 0 aliphatic rings. The van der Waals surface area contributed by atoms with Crippen LogP contribution in [0.2, 0.25) is 0 Å². The number of rotatable bonds is 3. The fraction of sp³-hybridized carbons (Fsp3) is 0.300. The highest BCUT2D eigenvalue weighted by Crippen LogP contribution is 2.34. The number of hydrogen-bond acceptors (Lipinski definition) is 4. The van der Waals surface area contributed by atoms with Crippen molar-refractivity contribution in [2.75, 3.05) is 7.11 Å². The van der Waals surface area contributed by atoms with Crippen molar-refractivity contribution in [2.45, 2.75) is 12.3 Å². The molecule has 0 spiro atoms. The molecule has 8 heteroatoms. The van der Waals surface area contributed by atoms with Gasteiger partial charge >= 0.3 is 0 Å². The summed E-state index contributed by atoms with van der Waals surface area (Å²) >= 11 is 12.9. The third kappa shape index (κ3) is 2.53. The average molecular weight is 396 g/mol. The molecule has 1 unspecified atom stereocenters. The van der Waals surface area contributed by atoms with Crippen LogP contribution < -0.4 is 4.74 Å². The Labute approximate surface area is 126 Å². The Balaban J connectivity index is 2.60. The van der Waals surface area contributed by atoms with Gasteiger partial charge in [0.2, 0.25) is 0 Å². The summed E-state index contributed by atoms with van der Waals surface area (Å²) in [5.74, 6) is 1.26. The van der Waals surface area contributed by atoms with Gasteiger partial charge in [0.1, 0.15) is 5.75 Å². The summed E-state index contributed by atoms with van der Waals surface area (Å²) in [6.45, 7) is 1.81. The average Bonchev–Trinajstić information content (AvgIpc) is 2.78. The first-order valence-electron chi connectivity index (χ1n) is 5.00. The molecule has 5 nitrogen and oxygen atoms in total. The summed E-state index contributed by atoms with van der Waals surface area (Å²) in [5, 5.41) is 11.2. The van der Waals surface area contributed by atoms with E-state index in [0.717, 1.165) is 14.6 Å². The first-order valence-corrected chi connectivity index (χ1v) is 7.02. The fourth-order valence-corrected chi connectivity index (χ4v) is 2.91. The summed E-state index contributed by atoms with van der Waals surface area (Å²) in [6, 6.07) is 3.70. The van der Waals surface area contributed by atoms with E-state index in [9.17, 15) is 0 Å². The standard InChI is InChI=1S/C10H9Br2ClN4O/c1-5(13)10-14-15-16-17(10)8-4-9(18-2)7(12)3-6(8)11/h3-5H,1-2H3. The van der Waals surface area contributed by atoms with Gasteiger partial charge in [-0.15, -0.1) is 16.7 Å². The van der Waals surface area contributed by atoms with E-state index in [1.54, 1.807) is 11.8 Å². The zero-order valence-corrected chi connectivity index (χ0v) is 13.5. The summed E-state index contributed by atoms with van der Waals surface area (Å²) in [7, 11) is 1.60. The molecule has 1 aromatic carbocycles. The highest BCUT2D eigenvalue weighted by Gasteiger charge is 2.17. The highest BCUT2D eigenvalue weighted by molar-refractivity contribution is 9.11. The van der Waals surface area contributed by atoms with Gasteiger partial charge in [0.05, 0.1) is 22.6 Å². The minimum atomic E-state index is -0.290. The fourth-order valence-electron chi connectivity index (χ4n) is 1.45. The number of tetrazole rings is 1. The van der Waals surface area contributed by atoms with Crippen molar-refractivity contribution in [3.8, 4) is 11.4 Å². The zero-order chi connectivity index (χ0) is 13.3. The van der Waals surface area contributed by atoms with Crippen molar-refractivity contribution < 1.29 is 4.74 Å². The van der Waals surface area contributed by atoms with Gasteiger partial charge in [-0.1, -0.05) is 0 Å². The number of aromatic nitrogens is 4. The molecule has 0 aliphatic heterocycles. The minimum absolute atomic E-state index is 0.290. The lowest BCUT2D eigenvalue weighted by Gasteiger charge is -2.11. The quantitative estimate of drug-likeness (QED) is 0.746. The lowest BCUT2D eigenvalue weighted by Crippen LogP contribution is -2.05. The summed E-state index contributed by atoms with van der Waals surface area (Å²) in [6.07, 6.45) is 0. The van der Waals surface area contributed by atoms with Gasteiger partial charge in [-0.25, -0.2) is 0 Å². The second kappa shape index (κ2) is 5.54. The Morgan fingerprint density at radius 2 is 2.06 bits per heavy atom. The normalized spacial score (nSPS) is 12.5. The topological polar surface area (TPSA) is 52.8 Å². The molecule has 0 radical (unpaired) electrons. The Kier molecular flexibility index (Phi) is 4.24. The number of benzene rings is 1. The van der Waals surface area contributed by atoms with Crippen LogP contribution in [0.3, 0.4) is 0 Å². The summed E-state index contributed by atoms with van der Waals surface area (Å²) in [5.41, 5.74) is 0.766. The number of nitrogens with zero attached hydrogens (tertiary/aromatic N) is 4. The predicted molar refractivity (Wildman–Crippen MR) is 75.4 cm³/mol. The van der Waals surface area contributed by atoms with E-state index in [1.165, 1.54) is 0 Å². The Hall–Kier alpha value is -0.660. The van der Waals surface area contributed by atoms with Crippen molar-refractivity contribution in [3.63, 3.8) is 0 Å². The number of ether oxygens (including phenoxy) is 1. The Morgan fingerprint density at radius 1 is 1.33 bits per heavy atom. The molecule has 0 saturated carbocycles. The molecule has 18 heavy (non-hydrogen) atoms. The van der Waals surface area contributed by atoms with Crippen LogP contribution >= 0.6 is 43.5 Å². The molecule has 2 rings (SSSR count). The van der Waals surface area contributed by atoms with Crippen LogP contribution in [0.25, 0.3) is 5.69 Å². The highest BCUT2D eigenvalue weighted by atomic mass is 79.9. The van der Waals surface area contributed by atoms with Crippen molar-refractivity contribution in [3.05, 3.63) is 26.9 Å². The third-order valence-corrected chi connectivity index (χ3v) is 3.75. The molecule has 2 aromatic rings. The summed E-state index contributed by atoms with van der Waals surface area (Å²) < 4.78 is 8.51. The first-order chi connectivity index (χ1) is 8.54. The van der Waals surface area contributed by atoms with E-state index in [1.807, 2.05) is 19.1 Å². The number of alkyl halides is 1. The second-order valence-electron chi connectivity index (χ2n) is 3.50. The number of methoxy groups -OCH3 is 1. The molecule has 0 saturated heterocycles. The Bertz CT molecular complexity index is 573. The van der Waals surface area contributed by atoms with Gasteiger partial charge < -0.3 is 4.74 Å². The van der Waals surface area contributed by atoms with E-state index in [0.29, 0.717) is 11.6 Å². The summed E-state index contributed by atoms with van der Waals surface area (Å²) in [4.78, 5) is 0. The van der Waals surface area contributed by atoms with Gasteiger partial charge in [0, 0.05) is 10.5 Å². The van der Waals surface area contributed by atoms with Crippen LogP contribution in [-0.4, -0.2) is 27.3 Å². The van der Waals surface area contributed by atoms with Gasteiger partial charge in [-0.05, 0) is 55.3 Å². The maximum Gasteiger partial charge on any atom is 0.174 e. The van der Waals surface area contributed by atoms with Gasteiger partial charge in [-0.3, -0.25) is 0 Å². The third-order valence-electron chi connectivity index (χ3n) is 2.30. The van der Waals surface area contributed by atoms with Gasteiger partial charge in [-0.2, -0.15) is 4.68 Å². The molecule has 1 heterocycles. The lowest BCUT2D eigenvalue weighted by molar-refractivity contribution is 0.411. The molecular formula is C10H9Br2ClN4O. The predicted octanol–water partition coefficient (Wildman–Crippen LogP) is 3.50. The van der Waals surface area contributed by atoms with Crippen LogP contribution in [0.4, 0.5) is 0 Å². The van der Waals surface area contributed by atoms with E-state index in [-0.39, 0.29) is 5.38 Å². The molecule has 0 aliphatic carbocycles. The van der Waals surface area contributed by atoms with Crippen molar-refractivity contribution in [2.24, 2.45) is 0 Å². The monoisotopic (exact) mass is 394 g/mol. The van der Waals surface area contributed by atoms with Gasteiger partial charge in [0.15, 0.2) is 5.82 Å². The number of halogens is 3. The largest absolute Gasteiger partial charge is 0.495 e. The molecule has 1 aromatic heterocycles. The lowest BCUT2D eigenvalue weighted by atomic mass is 10.3. The van der Waals surface area contributed by atoms with E-state index < -0.39 is 0 Å². The van der Waals surface area contributed by atoms with E-state index >= 15 is 0 Å². The van der Waals surface area contributed by atoms with Crippen molar-refractivity contribution in [1.82, 2.24) is 20.2 Å². The number of hydrogen-bond donors (Lipinski definition) is 0. The molecule has 1 atom stereocenters. The maximum absolute atomic E-state index is 6.04. The second-order valence-corrected chi connectivity index (χ2v) is 5.87. The zero-order valence-electron chi connectivity index (χ0n) is 9.56. The minimum Gasteiger partial charge on any atom is -0.495 e. The molecule has 96 valence electrons. The molecular weight excluding hydrogens is 387 g/mol. The van der Waals surface area contributed by atoms with Gasteiger partial charge in [0.25, 0.3) is 0 Å². The molecule has 0 bridgehead atoms. The van der Waals surface area contributed by atoms with E-state index in [4.69, 9.17) is 16.3 Å². The SMILES string of the molecule is COc1cc(-n2nnnc2C(C)Cl)c(Br)cc1Br.